The van der Waals surface area contributed by atoms with Gasteiger partial charge in [-0.2, -0.15) is 0 Å². The third-order valence-corrected chi connectivity index (χ3v) is 3.76. The summed E-state index contributed by atoms with van der Waals surface area (Å²) >= 11 is 0. The molecule has 23 heavy (non-hydrogen) atoms. The molecule has 2 amide bonds. The van der Waals surface area contributed by atoms with Gasteiger partial charge in [-0.15, -0.1) is 0 Å². The first-order chi connectivity index (χ1) is 10.8. The Morgan fingerprint density at radius 1 is 1.43 bits per heavy atom. The zero-order valence-electron chi connectivity index (χ0n) is 13.8. The van der Waals surface area contributed by atoms with Crippen molar-refractivity contribution in [2.45, 2.75) is 51.6 Å². The van der Waals surface area contributed by atoms with E-state index in [4.69, 9.17) is 0 Å². The summed E-state index contributed by atoms with van der Waals surface area (Å²) in [4.78, 5) is 22.6. The first kappa shape index (κ1) is 18.9. The van der Waals surface area contributed by atoms with Crippen molar-refractivity contribution >= 4 is 11.7 Å². The van der Waals surface area contributed by atoms with E-state index in [0.717, 1.165) is 6.42 Å². The Kier molecular flexibility index (Phi) is 6.96. The van der Waals surface area contributed by atoms with E-state index >= 15 is 0 Å². The van der Waals surface area contributed by atoms with Crippen LogP contribution in [0.3, 0.4) is 0 Å². The normalized spacial score (nSPS) is 14.6. The molecule has 0 spiro atoms. The molecule has 7 heteroatoms. The van der Waals surface area contributed by atoms with Gasteiger partial charge in [0.15, 0.2) is 0 Å². The van der Waals surface area contributed by atoms with Gasteiger partial charge in [0.05, 0.1) is 23.1 Å². The molecule has 1 aromatic carbocycles. The predicted octanol–water partition coefficient (Wildman–Crippen LogP) is 2.90. The molecule has 128 valence electrons. The highest BCUT2D eigenvalue weighted by Gasteiger charge is 2.25. The summed E-state index contributed by atoms with van der Waals surface area (Å²) in [5.74, 6) is 0. The molecule has 0 saturated carbocycles. The van der Waals surface area contributed by atoms with Crippen LogP contribution < -0.4 is 10.6 Å². The minimum absolute atomic E-state index is 0.00524. The highest BCUT2D eigenvalue weighted by Crippen LogP contribution is 2.21. The van der Waals surface area contributed by atoms with Crippen LogP contribution in [0, 0.1) is 10.1 Å². The van der Waals surface area contributed by atoms with Gasteiger partial charge in [-0.25, -0.2) is 4.79 Å². The van der Waals surface area contributed by atoms with E-state index in [2.05, 4.69) is 10.6 Å². The number of benzene rings is 1. The highest BCUT2D eigenvalue weighted by molar-refractivity contribution is 5.75. The van der Waals surface area contributed by atoms with Gasteiger partial charge in [0.25, 0.3) is 5.69 Å². The van der Waals surface area contributed by atoms with Crippen LogP contribution in [-0.4, -0.2) is 28.2 Å². The first-order valence-electron chi connectivity index (χ1n) is 7.79. The van der Waals surface area contributed by atoms with Gasteiger partial charge in [-0.05, 0) is 25.3 Å². The molecular formula is C16H25N3O4. The van der Waals surface area contributed by atoms with Gasteiger partial charge in [0, 0.05) is 12.1 Å². The van der Waals surface area contributed by atoms with Crippen LogP contribution in [0.1, 0.15) is 51.6 Å². The number of amides is 2. The molecule has 0 fully saturated rings. The molecule has 0 radical (unpaired) electrons. The Balaban J connectivity index is 2.81. The Morgan fingerprint density at radius 3 is 2.65 bits per heavy atom. The number of nitrogens with zero attached hydrogens (tertiary/aromatic N) is 1. The maximum absolute atomic E-state index is 12.2. The fraction of sp³-hybridized carbons (Fsp3) is 0.562. The zero-order chi connectivity index (χ0) is 17.5. The molecule has 7 nitrogen and oxygen atoms in total. The van der Waals surface area contributed by atoms with Gasteiger partial charge in [0.2, 0.25) is 0 Å². The number of carbonyl (C=O) groups is 1. The average molecular weight is 323 g/mol. The van der Waals surface area contributed by atoms with Crippen molar-refractivity contribution in [1.82, 2.24) is 10.6 Å². The monoisotopic (exact) mass is 323 g/mol. The minimum Gasteiger partial charge on any atom is -0.394 e. The summed E-state index contributed by atoms with van der Waals surface area (Å²) in [5.41, 5.74) is -0.00724. The SMILES string of the molecule is CCCC(C)(CO)NC(=O)NC(CC)c1cccc([N+](=O)[O-])c1. The number of hydrogen-bond acceptors (Lipinski definition) is 4. The van der Waals surface area contributed by atoms with Crippen molar-refractivity contribution in [2.75, 3.05) is 6.61 Å². The van der Waals surface area contributed by atoms with Crippen LogP contribution in [-0.2, 0) is 0 Å². The van der Waals surface area contributed by atoms with Crippen molar-refractivity contribution in [3.63, 3.8) is 0 Å². The van der Waals surface area contributed by atoms with Crippen molar-refractivity contribution in [1.29, 1.82) is 0 Å². The maximum atomic E-state index is 12.2. The molecule has 1 rings (SSSR count). The second-order valence-electron chi connectivity index (χ2n) is 5.88. The van der Waals surface area contributed by atoms with E-state index in [1.165, 1.54) is 12.1 Å². The van der Waals surface area contributed by atoms with Gasteiger partial charge in [-0.3, -0.25) is 10.1 Å². The molecule has 0 aliphatic rings. The van der Waals surface area contributed by atoms with Crippen molar-refractivity contribution < 1.29 is 14.8 Å². The van der Waals surface area contributed by atoms with Crippen LogP contribution in [0.5, 0.6) is 0 Å². The van der Waals surface area contributed by atoms with Gasteiger partial charge >= 0.3 is 6.03 Å². The second-order valence-corrected chi connectivity index (χ2v) is 5.88. The average Bonchev–Trinajstić information content (AvgIpc) is 2.52. The Bertz CT molecular complexity index is 550. The summed E-state index contributed by atoms with van der Waals surface area (Å²) in [6.45, 7) is 5.50. The molecule has 1 aromatic rings. The number of non-ortho nitro benzene ring substituents is 1. The largest absolute Gasteiger partial charge is 0.394 e. The number of rotatable bonds is 8. The number of hydrogen-bond donors (Lipinski definition) is 3. The number of nitro benzene ring substituents is 1. The quantitative estimate of drug-likeness (QED) is 0.505. The molecule has 0 saturated heterocycles. The number of nitrogens with one attached hydrogen (secondary N) is 2. The molecule has 0 aliphatic heterocycles. The fourth-order valence-electron chi connectivity index (χ4n) is 2.48. The molecule has 0 aliphatic carbocycles. The number of aliphatic hydroxyl groups is 1. The number of urea groups is 1. The molecule has 0 bridgehead atoms. The molecule has 0 heterocycles. The lowest BCUT2D eigenvalue weighted by Crippen LogP contribution is -2.53. The first-order valence-corrected chi connectivity index (χ1v) is 7.79. The van der Waals surface area contributed by atoms with Gasteiger partial charge in [-0.1, -0.05) is 32.4 Å². The van der Waals surface area contributed by atoms with Crippen LogP contribution in [0.2, 0.25) is 0 Å². The fourth-order valence-corrected chi connectivity index (χ4v) is 2.48. The lowest BCUT2D eigenvalue weighted by Gasteiger charge is -2.29. The molecule has 3 N–H and O–H groups in total. The van der Waals surface area contributed by atoms with Gasteiger partial charge < -0.3 is 15.7 Å². The lowest BCUT2D eigenvalue weighted by atomic mass is 9.97. The molecule has 2 atom stereocenters. The molecular weight excluding hydrogens is 298 g/mol. The third-order valence-electron chi connectivity index (χ3n) is 3.76. The predicted molar refractivity (Wildman–Crippen MR) is 88.2 cm³/mol. The maximum Gasteiger partial charge on any atom is 0.315 e. The summed E-state index contributed by atoms with van der Waals surface area (Å²) in [7, 11) is 0. The number of nitro groups is 1. The minimum atomic E-state index is -0.681. The van der Waals surface area contributed by atoms with E-state index in [9.17, 15) is 20.0 Å². The number of carbonyl (C=O) groups excluding carboxylic acids is 1. The van der Waals surface area contributed by atoms with Crippen LogP contribution >= 0.6 is 0 Å². The highest BCUT2D eigenvalue weighted by atomic mass is 16.6. The van der Waals surface area contributed by atoms with E-state index in [1.54, 1.807) is 19.1 Å². The standard InChI is InChI=1S/C16H25N3O4/c1-4-9-16(3,11-20)18-15(21)17-14(5-2)12-7-6-8-13(10-12)19(22)23/h6-8,10,14,20H,4-5,9,11H2,1-3H3,(H2,17,18,21). The lowest BCUT2D eigenvalue weighted by molar-refractivity contribution is -0.384. The smallest absolute Gasteiger partial charge is 0.315 e. The molecule has 0 aromatic heterocycles. The Labute approximate surface area is 136 Å². The van der Waals surface area contributed by atoms with E-state index in [-0.39, 0.29) is 18.3 Å². The van der Waals surface area contributed by atoms with Crippen LogP contribution in [0.4, 0.5) is 10.5 Å². The summed E-state index contributed by atoms with van der Waals surface area (Å²) in [5, 5.41) is 25.9. The molecule has 2 unspecified atom stereocenters. The van der Waals surface area contributed by atoms with Gasteiger partial charge in [0.1, 0.15) is 0 Å². The zero-order valence-corrected chi connectivity index (χ0v) is 13.8. The topological polar surface area (TPSA) is 104 Å². The Morgan fingerprint density at radius 2 is 2.13 bits per heavy atom. The summed E-state index contributed by atoms with van der Waals surface area (Å²) in [6.07, 6.45) is 2.09. The van der Waals surface area contributed by atoms with Crippen LogP contribution in [0.25, 0.3) is 0 Å². The Hall–Kier alpha value is -2.15. The third kappa shape index (κ3) is 5.52. The van der Waals surface area contributed by atoms with E-state index < -0.39 is 16.5 Å². The van der Waals surface area contributed by atoms with Crippen molar-refractivity contribution in [3.8, 4) is 0 Å². The summed E-state index contributed by atoms with van der Waals surface area (Å²) < 4.78 is 0. The number of aliphatic hydroxyl groups excluding tert-OH is 1. The summed E-state index contributed by atoms with van der Waals surface area (Å²) in [6, 6.07) is 5.50. The van der Waals surface area contributed by atoms with E-state index in [1.807, 2.05) is 13.8 Å². The van der Waals surface area contributed by atoms with Crippen molar-refractivity contribution in [3.05, 3.63) is 39.9 Å². The van der Waals surface area contributed by atoms with Crippen molar-refractivity contribution in [2.24, 2.45) is 0 Å². The van der Waals surface area contributed by atoms with Crippen LogP contribution in [0.15, 0.2) is 24.3 Å². The second kappa shape index (κ2) is 8.47. The van der Waals surface area contributed by atoms with E-state index in [0.29, 0.717) is 18.4 Å².